The van der Waals surface area contributed by atoms with Gasteiger partial charge in [-0.15, -0.1) is 24.8 Å². The molecule has 0 radical (unpaired) electrons. The van der Waals surface area contributed by atoms with Gasteiger partial charge in [-0.25, -0.2) is 4.39 Å². The van der Waals surface area contributed by atoms with E-state index in [9.17, 15) is 17.6 Å². The zero-order valence-electron chi connectivity index (χ0n) is 10.0. The van der Waals surface area contributed by atoms with Crippen molar-refractivity contribution in [3.05, 3.63) is 53.8 Å². The van der Waals surface area contributed by atoms with Crippen LogP contribution in [0.2, 0.25) is 0 Å². The van der Waals surface area contributed by atoms with Crippen molar-refractivity contribution in [3.63, 3.8) is 0 Å². The molecule has 106 valence electrons. The summed E-state index contributed by atoms with van der Waals surface area (Å²) in [5.41, 5.74) is 1.80. The van der Waals surface area contributed by atoms with Crippen LogP contribution < -0.4 is 4.74 Å². The van der Waals surface area contributed by atoms with Crippen LogP contribution >= 0.6 is 11.6 Å². The van der Waals surface area contributed by atoms with E-state index in [0.717, 1.165) is 0 Å². The monoisotopic (exact) mass is 304 g/mol. The van der Waals surface area contributed by atoms with Gasteiger partial charge in [0.2, 0.25) is 0 Å². The molecule has 0 atom stereocenters. The minimum Gasteiger partial charge on any atom is -0.406 e. The Kier molecular flexibility index (Phi) is 4.18. The van der Waals surface area contributed by atoms with Gasteiger partial charge in [0, 0.05) is 5.88 Å². The lowest BCUT2D eigenvalue weighted by Crippen LogP contribution is -2.16. The normalized spacial score (nSPS) is 11.4. The van der Waals surface area contributed by atoms with Crippen LogP contribution in [-0.2, 0) is 5.88 Å². The maximum Gasteiger partial charge on any atom is 0.573 e. The van der Waals surface area contributed by atoms with Crippen LogP contribution in [-0.4, -0.2) is 6.36 Å². The highest BCUT2D eigenvalue weighted by Crippen LogP contribution is 2.29. The smallest absolute Gasteiger partial charge is 0.406 e. The maximum atomic E-state index is 13.3. The van der Waals surface area contributed by atoms with Crippen LogP contribution in [0.3, 0.4) is 0 Å². The Morgan fingerprint density at radius 2 is 1.65 bits per heavy atom. The predicted octanol–water partition coefficient (Wildman–Crippen LogP) is 5.13. The van der Waals surface area contributed by atoms with Gasteiger partial charge in [0.25, 0.3) is 0 Å². The average Bonchev–Trinajstić information content (AvgIpc) is 2.38. The van der Waals surface area contributed by atoms with Crippen molar-refractivity contribution < 1.29 is 22.3 Å². The van der Waals surface area contributed by atoms with E-state index >= 15 is 0 Å². The molecule has 0 aliphatic carbocycles. The van der Waals surface area contributed by atoms with Crippen molar-refractivity contribution >= 4 is 11.6 Å². The maximum absolute atomic E-state index is 13.3. The molecule has 20 heavy (non-hydrogen) atoms. The van der Waals surface area contributed by atoms with E-state index in [2.05, 4.69) is 4.74 Å². The minimum absolute atomic E-state index is 0.177. The molecule has 2 aromatic carbocycles. The van der Waals surface area contributed by atoms with E-state index in [1.807, 2.05) is 0 Å². The predicted molar refractivity (Wildman–Crippen MR) is 68.1 cm³/mol. The van der Waals surface area contributed by atoms with Gasteiger partial charge < -0.3 is 4.74 Å². The van der Waals surface area contributed by atoms with Crippen LogP contribution in [0.5, 0.6) is 5.75 Å². The van der Waals surface area contributed by atoms with Crippen molar-refractivity contribution in [2.24, 2.45) is 0 Å². The Bertz CT molecular complexity index is 593. The largest absolute Gasteiger partial charge is 0.573 e. The lowest BCUT2D eigenvalue weighted by atomic mass is 10.0. The molecule has 0 aliphatic rings. The quantitative estimate of drug-likeness (QED) is 0.564. The molecule has 0 aliphatic heterocycles. The highest BCUT2D eigenvalue weighted by atomic mass is 35.5. The molecular weight excluding hydrogens is 296 g/mol. The molecule has 0 fully saturated rings. The fraction of sp³-hybridized carbons (Fsp3) is 0.143. The fourth-order valence-corrected chi connectivity index (χ4v) is 2.00. The third-order valence-electron chi connectivity index (χ3n) is 2.61. The van der Waals surface area contributed by atoms with Gasteiger partial charge in [-0.2, -0.15) is 0 Å². The van der Waals surface area contributed by atoms with Crippen LogP contribution in [0.1, 0.15) is 5.56 Å². The highest BCUT2D eigenvalue weighted by Gasteiger charge is 2.30. The number of hydrogen-bond acceptors (Lipinski definition) is 1. The summed E-state index contributed by atoms with van der Waals surface area (Å²) in [5.74, 6) is -0.592. The standard InChI is InChI=1S/C14H9ClF4O/c15-8-10-1-4-11(16)7-13(10)9-2-5-12(6-3-9)20-14(17,18)19/h1-7H,8H2. The molecule has 0 bridgehead atoms. The van der Waals surface area contributed by atoms with Crippen molar-refractivity contribution in [3.8, 4) is 16.9 Å². The summed E-state index contributed by atoms with van der Waals surface area (Å²) in [6.45, 7) is 0. The van der Waals surface area contributed by atoms with E-state index in [0.29, 0.717) is 16.7 Å². The Hall–Kier alpha value is -1.75. The van der Waals surface area contributed by atoms with Crippen molar-refractivity contribution in [2.45, 2.75) is 12.2 Å². The lowest BCUT2D eigenvalue weighted by Gasteiger charge is -2.11. The number of ether oxygens (including phenoxy) is 1. The molecule has 6 heteroatoms. The van der Waals surface area contributed by atoms with E-state index in [1.165, 1.54) is 42.5 Å². The molecule has 1 nitrogen and oxygen atoms in total. The third-order valence-corrected chi connectivity index (χ3v) is 2.90. The summed E-state index contributed by atoms with van der Waals surface area (Å²) >= 11 is 5.76. The first-order chi connectivity index (χ1) is 9.39. The van der Waals surface area contributed by atoms with Crippen LogP contribution in [0.25, 0.3) is 11.1 Å². The zero-order valence-corrected chi connectivity index (χ0v) is 10.8. The topological polar surface area (TPSA) is 9.23 Å². The number of halogens is 5. The second-order valence-corrected chi connectivity index (χ2v) is 4.27. The molecule has 0 amide bonds. The van der Waals surface area contributed by atoms with E-state index in [1.54, 1.807) is 0 Å². The van der Waals surface area contributed by atoms with Crippen LogP contribution in [0.4, 0.5) is 17.6 Å². The van der Waals surface area contributed by atoms with Crippen LogP contribution in [0, 0.1) is 5.82 Å². The van der Waals surface area contributed by atoms with E-state index in [-0.39, 0.29) is 11.6 Å². The second-order valence-electron chi connectivity index (χ2n) is 4.01. The lowest BCUT2D eigenvalue weighted by molar-refractivity contribution is -0.274. The third kappa shape index (κ3) is 3.63. The Morgan fingerprint density at radius 3 is 2.20 bits per heavy atom. The molecule has 0 saturated carbocycles. The van der Waals surface area contributed by atoms with E-state index in [4.69, 9.17) is 11.6 Å². The van der Waals surface area contributed by atoms with Crippen molar-refractivity contribution in [1.82, 2.24) is 0 Å². The SMILES string of the molecule is Fc1ccc(CCl)c(-c2ccc(OC(F)(F)F)cc2)c1. The molecule has 0 aromatic heterocycles. The minimum atomic E-state index is -4.73. The molecule has 0 spiro atoms. The van der Waals surface area contributed by atoms with E-state index < -0.39 is 12.2 Å². The van der Waals surface area contributed by atoms with Crippen LogP contribution in [0.15, 0.2) is 42.5 Å². The van der Waals surface area contributed by atoms with Gasteiger partial charge in [0.05, 0.1) is 0 Å². The Balaban J connectivity index is 2.33. The van der Waals surface area contributed by atoms with Crippen molar-refractivity contribution in [1.29, 1.82) is 0 Å². The summed E-state index contributed by atoms with van der Waals surface area (Å²) in [7, 11) is 0. The zero-order chi connectivity index (χ0) is 14.8. The highest BCUT2D eigenvalue weighted by molar-refractivity contribution is 6.17. The molecule has 0 unspecified atom stereocenters. The molecule has 2 rings (SSSR count). The molecule has 0 heterocycles. The van der Waals surface area contributed by atoms with Crippen molar-refractivity contribution in [2.75, 3.05) is 0 Å². The first-order valence-corrected chi connectivity index (χ1v) is 6.13. The number of benzene rings is 2. The van der Waals surface area contributed by atoms with Gasteiger partial charge in [-0.05, 0) is 41.0 Å². The number of hydrogen-bond donors (Lipinski definition) is 0. The van der Waals surface area contributed by atoms with Gasteiger partial charge in [0.1, 0.15) is 11.6 Å². The molecule has 2 aromatic rings. The number of rotatable bonds is 3. The molecule has 0 N–H and O–H groups in total. The molecular formula is C14H9ClF4O. The summed E-state index contributed by atoms with van der Waals surface area (Å²) in [6.07, 6.45) is -4.73. The average molecular weight is 305 g/mol. The van der Waals surface area contributed by atoms with Gasteiger partial charge in [0.15, 0.2) is 0 Å². The van der Waals surface area contributed by atoms with Gasteiger partial charge in [-0.3, -0.25) is 0 Å². The summed E-state index contributed by atoms with van der Waals surface area (Å²) in [5, 5.41) is 0. The first kappa shape index (κ1) is 14.7. The summed E-state index contributed by atoms with van der Waals surface area (Å²) in [4.78, 5) is 0. The first-order valence-electron chi connectivity index (χ1n) is 5.59. The number of alkyl halides is 4. The fourth-order valence-electron chi connectivity index (χ4n) is 1.77. The van der Waals surface area contributed by atoms with Gasteiger partial charge >= 0.3 is 6.36 Å². The summed E-state index contributed by atoms with van der Waals surface area (Å²) in [6, 6.07) is 9.30. The Morgan fingerprint density at radius 1 is 1.00 bits per heavy atom. The Labute approximate surface area is 117 Å². The van der Waals surface area contributed by atoms with Gasteiger partial charge in [-0.1, -0.05) is 18.2 Å². The summed E-state index contributed by atoms with van der Waals surface area (Å²) < 4.78 is 53.2. The molecule has 0 saturated heterocycles. The second kappa shape index (κ2) is 5.71.